The minimum absolute atomic E-state index is 0.103. The Morgan fingerprint density at radius 3 is 2.32 bits per heavy atom. The van der Waals surface area contributed by atoms with Crippen molar-refractivity contribution < 1.29 is 39.2 Å². The molecule has 0 unspecified atom stereocenters. The molecule has 4 rings (SSSR count). The number of aliphatic hydroxyl groups is 2. The molecule has 0 saturated heterocycles. The molecule has 298 valence electrons. The van der Waals surface area contributed by atoms with E-state index in [4.69, 9.17) is 19.0 Å². The maximum absolute atomic E-state index is 13.9. The molecule has 2 aliphatic carbocycles. The number of likely N-dealkylation sites (N-methyl/N-ethyl adjacent to an activating group) is 1. The Balaban J connectivity index is 1.67. The van der Waals surface area contributed by atoms with Gasteiger partial charge in [-0.1, -0.05) is 94.9 Å². The number of ether oxygens (including phenoxy) is 3. The summed E-state index contributed by atoms with van der Waals surface area (Å²) >= 11 is 0. The SMILES string of the molecule is C=CCO[C@@]12Oc3ccc(O)cc3[C@H]3[C@H](CCCCO)[C@@H](CCCCO)C=C(C(=NOCC)C[C@@H]1N(C)C(=O)OCCCCCCCCCCCC)[C@H]32. The summed E-state index contributed by atoms with van der Waals surface area (Å²) in [6.45, 7) is 9.27. The van der Waals surface area contributed by atoms with Gasteiger partial charge >= 0.3 is 6.09 Å². The van der Waals surface area contributed by atoms with E-state index in [2.05, 4.69) is 24.7 Å². The molecule has 53 heavy (non-hydrogen) atoms. The van der Waals surface area contributed by atoms with Crippen LogP contribution < -0.4 is 4.74 Å². The van der Waals surface area contributed by atoms with Crippen LogP contribution in [0.15, 0.2) is 47.7 Å². The summed E-state index contributed by atoms with van der Waals surface area (Å²) in [6.07, 6.45) is 20.7. The molecule has 1 aromatic rings. The van der Waals surface area contributed by atoms with Crippen molar-refractivity contribution in [2.75, 3.05) is 40.1 Å². The molecule has 3 N–H and O–H groups in total. The highest BCUT2D eigenvalue weighted by Gasteiger charge is 2.65. The molecule has 3 aliphatic rings. The zero-order valence-electron chi connectivity index (χ0n) is 32.8. The summed E-state index contributed by atoms with van der Waals surface area (Å²) in [4.78, 5) is 21.3. The van der Waals surface area contributed by atoms with Crippen LogP contribution >= 0.6 is 0 Å². The number of hydrogen-bond donors (Lipinski definition) is 3. The molecule has 6 atom stereocenters. The number of allylic oxidation sites excluding steroid dienone is 1. The number of phenols is 1. The lowest BCUT2D eigenvalue weighted by molar-refractivity contribution is -0.253. The lowest BCUT2D eigenvalue weighted by Crippen LogP contribution is -2.69. The topological polar surface area (TPSA) is 130 Å². The van der Waals surface area contributed by atoms with E-state index in [1.165, 1.54) is 44.9 Å². The third-order valence-corrected chi connectivity index (χ3v) is 11.4. The Labute approximate surface area is 318 Å². The molecule has 0 spiro atoms. The van der Waals surface area contributed by atoms with Crippen molar-refractivity contribution in [2.45, 2.75) is 141 Å². The Morgan fingerprint density at radius 1 is 0.981 bits per heavy atom. The fourth-order valence-electron chi connectivity index (χ4n) is 8.86. The van der Waals surface area contributed by atoms with Crippen molar-refractivity contribution in [2.24, 2.45) is 22.9 Å². The summed E-state index contributed by atoms with van der Waals surface area (Å²) in [5.41, 5.74) is 2.60. The Hall–Kier alpha value is -3.08. The normalized spacial score (nSPS) is 25.2. The van der Waals surface area contributed by atoms with Gasteiger partial charge in [0.2, 0.25) is 5.79 Å². The summed E-state index contributed by atoms with van der Waals surface area (Å²) in [7, 11) is 1.75. The fourth-order valence-corrected chi connectivity index (χ4v) is 8.86. The Kier molecular flexibility index (Phi) is 18.0. The number of fused-ring (bicyclic) bond motifs is 2. The molecule has 0 radical (unpaired) electrons. The van der Waals surface area contributed by atoms with E-state index >= 15 is 0 Å². The average molecular weight is 741 g/mol. The highest BCUT2D eigenvalue weighted by atomic mass is 16.7. The van der Waals surface area contributed by atoms with Crippen LogP contribution in [0.3, 0.4) is 0 Å². The maximum Gasteiger partial charge on any atom is 0.409 e. The quantitative estimate of drug-likeness (QED) is 0.0515. The van der Waals surface area contributed by atoms with Crippen LogP contribution in [0.5, 0.6) is 11.5 Å². The number of rotatable bonds is 25. The second-order valence-corrected chi connectivity index (χ2v) is 15.1. The molecular weight excluding hydrogens is 672 g/mol. The van der Waals surface area contributed by atoms with Gasteiger partial charge in [-0.25, -0.2) is 4.79 Å². The molecule has 1 aromatic carbocycles. The number of phenolic OH excluding ortho intramolecular Hbond substituents is 1. The van der Waals surface area contributed by atoms with Crippen molar-refractivity contribution >= 4 is 11.8 Å². The average Bonchev–Trinajstić information content (AvgIpc) is 3.16. The molecule has 10 nitrogen and oxygen atoms in total. The number of benzene rings is 1. The van der Waals surface area contributed by atoms with E-state index in [0.717, 1.165) is 61.8 Å². The van der Waals surface area contributed by atoms with Gasteiger partial charge in [-0.15, -0.1) is 6.58 Å². The van der Waals surface area contributed by atoms with Gasteiger partial charge in [-0.3, -0.25) is 0 Å². The van der Waals surface area contributed by atoms with Crippen LogP contribution in [0.1, 0.15) is 134 Å². The maximum atomic E-state index is 13.9. The van der Waals surface area contributed by atoms with Gasteiger partial charge in [0.1, 0.15) is 24.1 Å². The first-order chi connectivity index (χ1) is 25.9. The predicted octanol–water partition coefficient (Wildman–Crippen LogP) is 9.04. The van der Waals surface area contributed by atoms with Crippen LogP contribution in [-0.2, 0) is 14.3 Å². The lowest BCUT2D eigenvalue weighted by Gasteiger charge is -2.59. The summed E-state index contributed by atoms with van der Waals surface area (Å²) in [5, 5.41) is 34.9. The number of carbonyl (C=O) groups is 1. The standard InChI is InChI=1S/C43H68N2O8/c1-5-8-9-10-11-12-13-14-15-20-28-50-42(49)45(4)39-31-37(44-52-7-3)35-29-32(21-16-18-25-46)34(22-17-19-26-47)40-36-30-33(48)23-24-38(36)53-43(39,41(35)40)51-27-6-2/h6,23-24,29-30,32,34,39-41,46-48H,2,5,7-22,25-28,31H2,1,3-4H3/t32-,34+,39-,40+,41+,43+/m0/s1. The summed E-state index contributed by atoms with van der Waals surface area (Å²) in [5.74, 6) is -0.898. The minimum Gasteiger partial charge on any atom is -0.508 e. The molecular formula is C43H68N2O8. The smallest absolute Gasteiger partial charge is 0.409 e. The van der Waals surface area contributed by atoms with Crippen molar-refractivity contribution in [3.63, 3.8) is 0 Å². The third kappa shape index (κ3) is 11.0. The highest BCUT2D eigenvalue weighted by Crippen LogP contribution is 2.61. The largest absolute Gasteiger partial charge is 0.508 e. The molecule has 10 heteroatoms. The minimum atomic E-state index is -1.32. The van der Waals surface area contributed by atoms with Gasteiger partial charge in [0.25, 0.3) is 0 Å². The number of amides is 1. The van der Waals surface area contributed by atoms with Gasteiger partial charge in [0.05, 0.1) is 24.8 Å². The number of aromatic hydroxyl groups is 1. The van der Waals surface area contributed by atoms with Crippen LogP contribution in [0, 0.1) is 17.8 Å². The predicted molar refractivity (Wildman–Crippen MR) is 209 cm³/mol. The zero-order chi connectivity index (χ0) is 38.1. The number of unbranched alkanes of at least 4 members (excludes halogenated alkanes) is 11. The third-order valence-electron chi connectivity index (χ3n) is 11.4. The summed E-state index contributed by atoms with van der Waals surface area (Å²) in [6, 6.07) is 4.60. The number of nitrogens with zero attached hydrogens (tertiary/aromatic N) is 2. The van der Waals surface area contributed by atoms with Crippen LogP contribution in [0.2, 0.25) is 0 Å². The molecule has 1 saturated carbocycles. The molecule has 1 aliphatic heterocycles. The van der Waals surface area contributed by atoms with E-state index in [1.807, 2.05) is 6.92 Å². The van der Waals surface area contributed by atoms with Crippen molar-refractivity contribution in [3.05, 3.63) is 48.1 Å². The zero-order valence-corrected chi connectivity index (χ0v) is 32.8. The monoisotopic (exact) mass is 740 g/mol. The highest BCUT2D eigenvalue weighted by molar-refractivity contribution is 6.02. The van der Waals surface area contributed by atoms with Crippen LogP contribution in [0.25, 0.3) is 0 Å². The van der Waals surface area contributed by atoms with Gasteiger partial charge in [0.15, 0.2) is 0 Å². The first-order valence-electron chi connectivity index (χ1n) is 20.7. The van der Waals surface area contributed by atoms with Crippen molar-refractivity contribution in [1.29, 1.82) is 0 Å². The molecule has 0 aromatic heterocycles. The molecule has 0 bridgehead atoms. The van der Waals surface area contributed by atoms with Crippen molar-refractivity contribution in [3.8, 4) is 11.5 Å². The van der Waals surface area contributed by atoms with E-state index < -0.39 is 23.8 Å². The van der Waals surface area contributed by atoms with Gasteiger partial charge in [0, 0.05) is 38.2 Å². The number of carbonyl (C=O) groups excluding carboxylic acids is 1. The first kappa shape index (κ1) is 42.7. The van der Waals surface area contributed by atoms with Gasteiger partial charge in [-0.05, 0) is 74.6 Å². The van der Waals surface area contributed by atoms with Crippen LogP contribution in [0.4, 0.5) is 4.79 Å². The molecule has 1 amide bonds. The number of aliphatic hydroxyl groups excluding tert-OH is 2. The number of oxime groups is 1. The molecule has 1 heterocycles. The van der Waals surface area contributed by atoms with Crippen molar-refractivity contribution in [1.82, 2.24) is 4.90 Å². The lowest BCUT2D eigenvalue weighted by atomic mass is 9.55. The van der Waals surface area contributed by atoms with Crippen LogP contribution in [-0.4, -0.2) is 83.9 Å². The Morgan fingerprint density at radius 2 is 1.66 bits per heavy atom. The number of hydrogen-bond acceptors (Lipinski definition) is 9. The van der Waals surface area contributed by atoms with E-state index in [1.54, 1.807) is 36.2 Å². The van der Waals surface area contributed by atoms with Gasteiger partial charge in [-0.2, -0.15) is 0 Å². The Bertz CT molecular complexity index is 1330. The van der Waals surface area contributed by atoms with E-state index in [-0.39, 0.29) is 43.3 Å². The fraction of sp³-hybridized carbons (Fsp3) is 0.721. The second-order valence-electron chi connectivity index (χ2n) is 15.1. The van der Waals surface area contributed by atoms with Gasteiger partial charge < -0.3 is 39.3 Å². The first-order valence-corrected chi connectivity index (χ1v) is 20.7. The summed E-state index contributed by atoms with van der Waals surface area (Å²) < 4.78 is 19.8. The van der Waals surface area contributed by atoms with E-state index in [9.17, 15) is 20.1 Å². The van der Waals surface area contributed by atoms with E-state index in [0.29, 0.717) is 38.2 Å². The second kappa shape index (κ2) is 22.3. The molecule has 1 fully saturated rings.